The van der Waals surface area contributed by atoms with Gasteiger partial charge in [0, 0.05) is 5.88 Å². The van der Waals surface area contributed by atoms with E-state index in [2.05, 4.69) is 8.37 Å². The quantitative estimate of drug-likeness (QED) is 0.576. The Balaban J connectivity index is 2.74. The molecule has 8 heteroatoms. The van der Waals surface area contributed by atoms with E-state index in [4.69, 9.17) is 16.3 Å². The maximum absolute atomic E-state index is 11.8. The van der Waals surface area contributed by atoms with Crippen LogP contribution in [-0.2, 0) is 28.3 Å². The minimum atomic E-state index is -4.12. The lowest BCUT2D eigenvalue weighted by molar-refractivity contribution is -0.164. The van der Waals surface area contributed by atoms with Crippen molar-refractivity contribution < 1.29 is 26.3 Å². The normalized spacial score (nSPS) is 27.1. The second kappa shape index (κ2) is 5.73. The average Bonchev–Trinajstić information content (AvgIpc) is 2.48. The summed E-state index contributed by atoms with van der Waals surface area (Å²) in [6, 6.07) is 0. The first-order chi connectivity index (χ1) is 8.14. The van der Waals surface area contributed by atoms with Crippen LogP contribution in [0.15, 0.2) is 0 Å². The zero-order valence-electron chi connectivity index (χ0n) is 10.5. The van der Waals surface area contributed by atoms with E-state index < -0.39 is 34.2 Å². The highest BCUT2D eigenvalue weighted by Gasteiger charge is 2.46. The van der Waals surface area contributed by atoms with E-state index in [0.717, 1.165) is 0 Å². The topological polar surface area (TPSA) is 78.9 Å². The first-order valence-corrected chi connectivity index (χ1v) is 7.42. The standard InChI is InChI=1S/C10H17ClO6S/c1-10(2,3)15-9(12)8-7(5-4-6-11)16-18(13,14)17-8/h7-8H,4-6H2,1-3H3. The van der Waals surface area contributed by atoms with E-state index in [9.17, 15) is 13.2 Å². The number of halogens is 1. The molecule has 0 radical (unpaired) electrons. The van der Waals surface area contributed by atoms with Crippen molar-refractivity contribution in [1.29, 1.82) is 0 Å². The Kier molecular flexibility index (Phi) is 4.99. The molecule has 0 spiro atoms. The molecule has 2 unspecified atom stereocenters. The lowest BCUT2D eigenvalue weighted by Crippen LogP contribution is -2.37. The van der Waals surface area contributed by atoms with Crippen molar-refractivity contribution in [2.45, 2.75) is 51.4 Å². The van der Waals surface area contributed by atoms with Gasteiger partial charge in [-0.1, -0.05) is 0 Å². The van der Waals surface area contributed by atoms with Crippen molar-refractivity contribution in [3.63, 3.8) is 0 Å². The molecule has 6 nitrogen and oxygen atoms in total. The van der Waals surface area contributed by atoms with Crippen LogP contribution in [0, 0.1) is 0 Å². The van der Waals surface area contributed by atoms with Crippen LogP contribution in [-0.4, -0.2) is 38.1 Å². The summed E-state index contributed by atoms with van der Waals surface area (Å²) < 4.78 is 36.8. The maximum Gasteiger partial charge on any atom is 0.401 e. The molecule has 0 aromatic heterocycles. The van der Waals surface area contributed by atoms with Crippen molar-refractivity contribution in [2.75, 3.05) is 5.88 Å². The van der Waals surface area contributed by atoms with Crippen molar-refractivity contribution in [2.24, 2.45) is 0 Å². The summed E-state index contributed by atoms with van der Waals surface area (Å²) >= 11 is 5.52. The van der Waals surface area contributed by atoms with Crippen LogP contribution in [0.3, 0.4) is 0 Å². The number of esters is 1. The number of rotatable bonds is 4. The summed E-state index contributed by atoms with van der Waals surface area (Å²) in [5, 5.41) is 0. The van der Waals surface area contributed by atoms with Gasteiger partial charge in [-0.2, -0.15) is 8.42 Å². The molecule has 18 heavy (non-hydrogen) atoms. The lowest BCUT2D eigenvalue weighted by atomic mass is 10.1. The average molecular weight is 301 g/mol. The smallest absolute Gasteiger partial charge is 0.401 e. The van der Waals surface area contributed by atoms with Crippen LogP contribution in [0.4, 0.5) is 0 Å². The Morgan fingerprint density at radius 2 is 1.94 bits per heavy atom. The molecule has 2 atom stereocenters. The van der Waals surface area contributed by atoms with E-state index in [1.807, 2.05) is 0 Å². The van der Waals surface area contributed by atoms with E-state index in [0.29, 0.717) is 18.7 Å². The molecule has 0 amide bonds. The van der Waals surface area contributed by atoms with E-state index >= 15 is 0 Å². The molecular formula is C10H17ClO6S. The summed E-state index contributed by atoms with van der Waals surface area (Å²) in [7, 11) is -4.12. The molecule has 1 heterocycles. The summed E-state index contributed by atoms with van der Waals surface area (Å²) in [5.74, 6) is -0.399. The van der Waals surface area contributed by atoms with Crippen molar-refractivity contribution in [1.82, 2.24) is 0 Å². The minimum Gasteiger partial charge on any atom is -0.458 e. The first-order valence-electron chi connectivity index (χ1n) is 5.55. The maximum atomic E-state index is 11.8. The zero-order chi connectivity index (χ0) is 14.0. The van der Waals surface area contributed by atoms with Crippen molar-refractivity contribution >= 4 is 28.0 Å². The largest absolute Gasteiger partial charge is 0.458 e. The molecule has 1 rings (SSSR count). The number of alkyl halides is 1. The molecule has 0 aromatic carbocycles. The van der Waals surface area contributed by atoms with Crippen LogP contribution < -0.4 is 0 Å². The van der Waals surface area contributed by atoms with Crippen LogP contribution in [0.5, 0.6) is 0 Å². The fourth-order valence-corrected chi connectivity index (χ4v) is 2.60. The monoisotopic (exact) mass is 300 g/mol. The molecule has 0 aliphatic carbocycles. The highest BCUT2D eigenvalue weighted by molar-refractivity contribution is 7.82. The molecule has 0 N–H and O–H groups in total. The number of hydrogen-bond acceptors (Lipinski definition) is 6. The molecule has 1 aliphatic rings. The Bertz CT molecular complexity index is 399. The van der Waals surface area contributed by atoms with Crippen LogP contribution in [0.2, 0.25) is 0 Å². The Morgan fingerprint density at radius 3 is 2.44 bits per heavy atom. The van der Waals surface area contributed by atoms with Gasteiger partial charge in [-0.05, 0) is 33.6 Å². The molecule has 106 valence electrons. The van der Waals surface area contributed by atoms with Crippen molar-refractivity contribution in [3.05, 3.63) is 0 Å². The Labute approximate surface area is 112 Å². The van der Waals surface area contributed by atoms with Gasteiger partial charge in [0.2, 0.25) is 6.10 Å². The van der Waals surface area contributed by atoms with Gasteiger partial charge in [0.05, 0.1) is 0 Å². The SMILES string of the molecule is CC(C)(C)OC(=O)C1OS(=O)(=O)OC1CCCCl. The third-order valence-electron chi connectivity index (χ3n) is 2.06. The summed E-state index contributed by atoms with van der Waals surface area (Å²) in [5.41, 5.74) is -0.718. The highest BCUT2D eigenvalue weighted by Crippen LogP contribution is 2.26. The van der Waals surface area contributed by atoms with E-state index in [1.54, 1.807) is 20.8 Å². The second-order valence-corrected chi connectivity index (χ2v) is 6.50. The van der Waals surface area contributed by atoms with E-state index in [1.165, 1.54) is 0 Å². The third kappa shape index (κ3) is 4.72. The van der Waals surface area contributed by atoms with Gasteiger partial charge in [-0.15, -0.1) is 11.6 Å². The van der Waals surface area contributed by atoms with Crippen molar-refractivity contribution in [3.8, 4) is 0 Å². The highest BCUT2D eigenvalue weighted by atomic mass is 35.5. The number of ether oxygens (including phenoxy) is 1. The molecule has 0 saturated carbocycles. The Hall–Kier alpha value is -0.370. The second-order valence-electron chi connectivity index (χ2n) is 4.92. The summed E-state index contributed by atoms with van der Waals surface area (Å²) in [6.07, 6.45) is -1.29. The molecule has 0 bridgehead atoms. The summed E-state index contributed by atoms with van der Waals surface area (Å²) in [4.78, 5) is 11.8. The number of hydrogen-bond donors (Lipinski definition) is 0. The third-order valence-corrected chi connectivity index (χ3v) is 3.26. The van der Waals surface area contributed by atoms with Gasteiger partial charge in [0.15, 0.2) is 0 Å². The fraction of sp³-hybridized carbons (Fsp3) is 0.900. The Morgan fingerprint density at radius 1 is 1.33 bits per heavy atom. The van der Waals surface area contributed by atoms with E-state index in [-0.39, 0.29) is 0 Å². The number of carbonyl (C=O) groups is 1. The molecular weight excluding hydrogens is 284 g/mol. The molecule has 0 aromatic rings. The van der Waals surface area contributed by atoms with Gasteiger partial charge in [-0.25, -0.2) is 13.2 Å². The first kappa shape index (κ1) is 15.7. The molecule has 1 fully saturated rings. The van der Waals surface area contributed by atoms with Gasteiger partial charge in [0.25, 0.3) is 0 Å². The minimum absolute atomic E-state index is 0.312. The summed E-state index contributed by atoms with van der Waals surface area (Å²) in [6.45, 7) is 5.05. The van der Waals surface area contributed by atoms with Gasteiger partial charge < -0.3 is 4.74 Å². The van der Waals surface area contributed by atoms with Gasteiger partial charge >= 0.3 is 16.4 Å². The lowest BCUT2D eigenvalue weighted by Gasteiger charge is -2.22. The van der Waals surface area contributed by atoms with Crippen LogP contribution in [0.25, 0.3) is 0 Å². The zero-order valence-corrected chi connectivity index (χ0v) is 12.1. The predicted molar refractivity (Wildman–Crippen MR) is 64.5 cm³/mol. The van der Waals surface area contributed by atoms with Crippen LogP contribution in [0.1, 0.15) is 33.6 Å². The number of carbonyl (C=O) groups excluding carboxylic acids is 1. The molecule has 1 saturated heterocycles. The van der Waals surface area contributed by atoms with Gasteiger partial charge in [-0.3, -0.25) is 0 Å². The molecule has 1 aliphatic heterocycles. The predicted octanol–water partition coefficient (Wildman–Crippen LogP) is 1.38. The fourth-order valence-electron chi connectivity index (χ4n) is 1.44. The van der Waals surface area contributed by atoms with Gasteiger partial charge in [0.1, 0.15) is 11.7 Å². The van der Waals surface area contributed by atoms with Crippen LogP contribution >= 0.6 is 11.6 Å².